The topological polar surface area (TPSA) is 32.3 Å². The second-order valence-electron chi connectivity index (χ2n) is 4.37. The van der Waals surface area contributed by atoms with Gasteiger partial charge in [-0.25, -0.2) is 0 Å². The Morgan fingerprint density at radius 1 is 1.41 bits per heavy atom. The molecule has 1 aromatic carbocycles. The molecule has 1 saturated heterocycles. The number of nitrogens with one attached hydrogen (secondary N) is 1. The van der Waals surface area contributed by atoms with Crippen molar-refractivity contribution in [3.63, 3.8) is 0 Å². The molecule has 4 heteroatoms. The van der Waals surface area contributed by atoms with E-state index in [1.54, 1.807) is 0 Å². The Hall–Kier alpha value is -0.620. The Morgan fingerprint density at radius 2 is 2.12 bits per heavy atom. The third-order valence-corrected chi connectivity index (χ3v) is 3.93. The lowest BCUT2D eigenvalue weighted by atomic mass is 10.0. The fourth-order valence-electron chi connectivity index (χ4n) is 2.18. The molecule has 0 radical (unpaired) electrons. The minimum absolute atomic E-state index is 0.165. The van der Waals surface area contributed by atoms with Gasteiger partial charge in [0.2, 0.25) is 0 Å². The van der Waals surface area contributed by atoms with Crippen molar-refractivity contribution in [3.05, 3.63) is 33.4 Å². The van der Waals surface area contributed by atoms with E-state index in [1.165, 1.54) is 0 Å². The molecule has 1 aromatic rings. The van der Waals surface area contributed by atoms with E-state index in [9.17, 15) is 4.79 Å². The smallest absolute Gasteiger partial charge is 0.253 e. The molecule has 1 N–H and O–H groups in total. The van der Waals surface area contributed by atoms with E-state index in [-0.39, 0.29) is 5.91 Å². The van der Waals surface area contributed by atoms with E-state index in [0.29, 0.717) is 6.04 Å². The fraction of sp³-hybridized carbons (Fsp3) is 0.462. The first-order valence-electron chi connectivity index (χ1n) is 5.93. The molecule has 0 aliphatic carbocycles. The first kappa shape index (κ1) is 12.8. The molecular weight excluding hydrogens is 327 g/mol. The van der Waals surface area contributed by atoms with E-state index >= 15 is 0 Å². The Labute approximate surface area is 116 Å². The van der Waals surface area contributed by atoms with Gasteiger partial charge in [-0.1, -0.05) is 6.07 Å². The zero-order valence-corrected chi connectivity index (χ0v) is 12.1. The van der Waals surface area contributed by atoms with Crippen LogP contribution in [-0.2, 0) is 0 Å². The number of rotatable bonds is 2. The van der Waals surface area contributed by atoms with Crippen molar-refractivity contribution >= 4 is 28.5 Å². The predicted octanol–water partition coefficient (Wildman–Crippen LogP) is 2.12. The summed E-state index contributed by atoms with van der Waals surface area (Å²) in [7, 11) is 1.99. The molecule has 92 valence electrons. The molecule has 1 fully saturated rings. The number of nitrogens with zero attached hydrogens (tertiary/aromatic N) is 1. The molecule has 17 heavy (non-hydrogen) atoms. The summed E-state index contributed by atoms with van der Waals surface area (Å²) in [6.45, 7) is 1.71. The Kier molecular flexibility index (Phi) is 4.39. The van der Waals surface area contributed by atoms with E-state index in [0.717, 1.165) is 35.1 Å². The lowest BCUT2D eigenvalue weighted by Gasteiger charge is -2.31. The lowest BCUT2D eigenvalue weighted by molar-refractivity contribution is 0.0707. The lowest BCUT2D eigenvalue weighted by Crippen LogP contribution is -2.43. The van der Waals surface area contributed by atoms with Crippen LogP contribution < -0.4 is 5.32 Å². The Bertz CT molecular complexity index is 400. The van der Waals surface area contributed by atoms with Gasteiger partial charge in [0.15, 0.2) is 0 Å². The number of hydrogen-bond donors (Lipinski definition) is 1. The molecule has 1 amide bonds. The molecule has 1 aliphatic rings. The molecule has 0 spiro atoms. The Morgan fingerprint density at radius 3 is 2.71 bits per heavy atom. The molecule has 3 nitrogen and oxygen atoms in total. The van der Waals surface area contributed by atoms with Crippen LogP contribution in [0.4, 0.5) is 0 Å². The quantitative estimate of drug-likeness (QED) is 0.834. The van der Waals surface area contributed by atoms with Gasteiger partial charge in [-0.3, -0.25) is 4.79 Å². The molecule has 1 aliphatic heterocycles. The molecule has 0 bridgehead atoms. The van der Waals surface area contributed by atoms with Gasteiger partial charge in [0, 0.05) is 28.3 Å². The highest BCUT2D eigenvalue weighted by atomic mass is 127. The van der Waals surface area contributed by atoms with Crippen LogP contribution in [0.1, 0.15) is 23.2 Å². The molecule has 0 saturated carbocycles. The van der Waals surface area contributed by atoms with Gasteiger partial charge >= 0.3 is 0 Å². The van der Waals surface area contributed by atoms with Gasteiger partial charge in [-0.05, 0) is 60.7 Å². The molecular formula is C13H17IN2O. The van der Waals surface area contributed by atoms with Crippen LogP contribution >= 0.6 is 22.6 Å². The van der Waals surface area contributed by atoms with Crippen molar-refractivity contribution in [2.24, 2.45) is 0 Å². The third kappa shape index (κ3) is 3.19. The summed E-state index contributed by atoms with van der Waals surface area (Å²) in [4.78, 5) is 14.2. The monoisotopic (exact) mass is 344 g/mol. The van der Waals surface area contributed by atoms with Crippen LogP contribution in [0.25, 0.3) is 0 Å². The maximum absolute atomic E-state index is 12.2. The molecule has 0 aromatic heterocycles. The molecule has 0 atom stereocenters. The summed E-state index contributed by atoms with van der Waals surface area (Å²) in [6, 6.07) is 8.36. The van der Waals surface area contributed by atoms with Gasteiger partial charge in [0.25, 0.3) is 5.91 Å². The standard InChI is InChI=1S/C13H17IN2O/c1-15-12-5-7-16(8-6-12)13(17)10-3-2-4-11(14)9-10/h2-4,9,12,15H,5-8H2,1H3. The number of hydrogen-bond acceptors (Lipinski definition) is 2. The summed E-state index contributed by atoms with van der Waals surface area (Å²) in [6.07, 6.45) is 2.10. The van der Waals surface area contributed by atoms with E-state index in [2.05, 4.69) is 27.9 Å². The largest absolute Gasteiger partial charge is 0.339 e. The first-order valence-corrected chi connectivity index (χ1v) is 7.00. The molecule has 0 unspecified atom stereocenters. The van der Waals surface area contributed by atoms with Crippen molar-refractivity contribution in [1.82, 2.24) is 10.2 Å². The van der Waals surface area contributed by atoms with Crippen LogP contribution in [0.3, 0.4) is 0 Å². The van der Waals surface area contributed by atoms with Crippen molar-refractivity contribution in [3.8, 4) is 0 Å². The van der Waals surface area contributed by atoms with Crippen LogP contribution in [0.15, 0.2) is 24.3 Å². The minimum Gasteiger partial charge on any atom is -0.339 e. The van der Waals surface area contributed by atoms with Gasteiger partial charge in [0.05, 0.1) is 0 Å². The summed E-state index contributed by atoms with van der Waals surface area (Å²) in [5.41, 5.74) is 0.805. The fourth-order valence-corrected chi connectivity index (χ4v) is 2.72. The van der Waals surface area contributed by atoms with Crippen LogP contribution in [0.2, 0.25) is 0 Å². The number of amides is 1. The van der Waals surface area contributed by atoms with Gasteiger partial charge in [-0.2, -0.15) is 0 Å². The normalized spacial score (nSPS) is 17.2. The van der Waals surface area contributed by atoms with Crippen LogP contribution in [0, 0.1) is 3.57 Å². The number of carbonyl (C=O) groups excluding carboxylic acids is 1. The summed E-state index contributed by atoms with van der Waals surface area (Å²) in [5.74, 6) is 0.165. The highest BCUT2D eigenvalue weighted by Crippen LogP contribution is 2.15. The van der Waals surface area contributed by atoms with Crippen LogP contribution in [0.5, 0.6) is 0 Å². The van der Waals surface area contributed by atoms with Gasteiger partial charge in [0.1, 0.15) is 0 Å². The number of piperidine rings is 1. The molecule has 2 rings (SSSR count). The zero-order valence-electron chi connectivity index (χ0n) is 9.95. The molecule has 1 heterocycles. The summed E-state index contributed by atoms with van der Waals surface area (Å²) >= 11 is 2.24. The predicted molar refractivity (Wildman–Crippen MR) is 77.1 cm³/mol. The summed E-state index contributed by atoms with van der Waals surface area (Å²) < 4.78 is 1.11. The van der Waals surface area contributed by atoms with E-state index in [1.807, 2.05) is 36.2 Å². The highest BCUT2D eigenvalue weighted by molar-refractivity contribution is 14.1. The van der Waals surface area contributed by atoms with Crippen molar-refractivity contribution in [2.45, 2.75) is 18.9 Å². The summed E-state index contributed by atoms with van der Waals surface area (Å²) in [5, 5.41) is 3.27. The number of carbonyl (C=O) groups is 1. The first-order chi connectivity index (χ1) is 8.20. The van der Waals surface area contributed by atoms with E-state index in [4.69, 9.17) is 0 Å². The van der Waals surface area contributed by atoms with Crippen molar-refractivity contribution in [2.75, 3.05) is 20.1 Å². The highest BCUT2D eigenvalue weighted by Gasteiger charge is 2.22. The van der Waals surface area contributed by atoms with Gasteiger partial charge < -0.3 is 10.2 Å². The second-order valence-corrected chi connectivity index (χ2v) is 5.61. The van der Waals surface area contributed by atoms with Crippen LogP contribution in [-0.4, -0.2) is 37.0 Å². The average molecular weight is 344 g/mol. The van der Waals surface area contributed by atoms with Gasteiger partial charge in [-0.15, -0.1) is 0 Å². The number of halogens is 1. The number of likely N-dealkylation sites (tertiary alicyclic amines) is 1. The third-order valence-electron chi connectivity index (χ3n) is 3.26. The zero-order chi connectivity index (χ0) is 12.3. The van der Waals surface area contributed by atoms with Crippen molar-refractivity contribution < 1.29 is 4.79 Å². The van der Waals surface area contributed by atoms with Crippen molar-refractivity contribution in [1.29, 1.82) is 0 Å². The second kappa shape index (κ2) is 5.82. The van der Waals surface area contributed by atoms with E-state index < -0.39 is 0 Å². The minimum atomic E-state index is 0.165. The SMILES string of the molecule is CNC1CCN(C(=O)c2cccc(I)c2)CC1. The average Bonchev–Trinajstić information content (AvgIpc) is 2.38. The Balaban J connectivity index is 2.02. The number of benzene rings is 1. The maximum Gasteiger partial charge on any atom is 0.253 e. The maximum atomic E-state index is 12.2.